The Bertz CT molecular complexity index is 2340. The van der Waals surface area contributed by atoms with E-state index in [-0.39, 0.29) is 254 Å². The Morgan fingerprint density at radius 1 is 0.309 bits per heavy atom. The van der Waals surface area contributed by atoms with E-state index in [2.05, 4.69) is 34.8 Å². The summed E-state index contributed by atoms with van der Waals surface area (Å²) in [7, 11) is -14.7. The first-order chi connectivity index (χ1) is 52.3. The monoisotopic (exact) mass is 1670 g/mol. The van der Waals surface area contributed by atoms with Gasteiger partial charge in [0.25, 0.3) is 0 Å². The van der Waals surface area contributed by atoms with E-state index >= 15 is 0 Å². The van der Waals surface area contributed by atoms with Crippen LogP contribution in [0.2, 0.25) is 0 Å². The number of aliphatic hydroxyl groups excluding tert-OH is 9. The van der Waals surface area contributed by atoms with E-state index in [1.807, 2.05) is 0 Å². The first kappa shape index (κ1) is 101. The summed E-state index contributed by atoms with van der Waals surface area (Å²) in [4.78, 5) is 106. The van der Waals surface area contributed by atoms with Crippen LogP contribution in [-0.2, 0) is 132 Å². The molecule has 648 valence electrons. The molecule has 50 heteroatoms. The second-order valence-corrected chi connectivity index (χ2v) is 28.1. The molecular weight excluding hydrogens is 1560 g/mol. The van der Waals surface area contributed by atoms with Crippen molar-refractivity contribution in [2.45, 2.75) is 143 Å². The Morgan fingerprint density at radius 2 is 0.509 bits per heavy atom. The maximum absolute atomic E-state index is 13.2. The fraction of sp³-hybridized carbons (Fsp3) is 0.933. The third-order valence-corrected chi connectivity index (χ3v) is 17.2. The van der Waals surface area contributed by atoms with Gasteiger partial charge in [-0.3, -0.25) is 32.7 Å². The highest BCUT2D eigenvalue weighted by Crippen LogP contribution is 2.39. The van der Waals surface area contributed by atoms with Crippen LogP contribution in [0.1, 0.15) is 45.4 Å². The zero-order chi connectivity index (χ0) is 81.2. The molecule has 3 saturated heterocycles. The number of ether oxygens (including phenoxy) is 18. The van der Waals surface area contributed by atoms with Crippen molar-refractivity contribution in [1.29, 1.82) is 0 Å². The lowest BCUT2D eigenvalue weighted by atomic mass is 9.83. The van der Waals surface area contributed by atoms with Gasteiger partial charge in [-0.25, -0.2) is 13.7 Å². The number of nitrogens with one attached hydrogen (secondary N) is 4. The van der Waals surface area contributed by atoms with Gasteiger partial charge in [-0.05, 0) is 19.3 Å². The molecule has 0 aromatic rings. The number of phosphoric acid groups is 3. The molecule has 0 aliphatic carbocycles. The third kappa shape index (κ3) is 47.4. The highest BCUT2D eigenvalue weighted by atomic mass is 31.2. The number of carbonyl (C=O) groups is 4. The van der Waals surface area contributed by atoms with Gasteiger partial charge in [0.15, 0.2) is 18.9 Å². The second-order valence-electron chi connectivity index (χ2n) is 24.4. The molecule has 3 aliphatic heterocycles. The zero-order valence-corrected chi connectivity index (χ0v) is 63.9. The van der Waals surface area contributed by atoms with Crippen LogP contribution in [0.4, 0.5) is 0 Å². The fourth-order valence-electron chi connectivity index (χ4n) is 10.1. The van der Waals surface area contributed by atoms with Gasteiger partial charge in [-0.2, -0.15) is 0 Å². The maximum Gasteiger partial charge on any atom is 0.469 e. The van der Waals surface area contributed by atoms with E-state index in [1.165, 1.54) is 6.92 Å². The third-order valence-electron chi connectivity index (χ3n) is 15.7. The molecule has 15 atom stereocenters. The lowest BCUT2D eigenvalue weighted by Crippen LogP contribution is -2.59. The first-order valence-corrected chi connectivity index (χ1v) is 40.0. The van der Waals surface area contributed by atoms with Crippen molar-refractivity contribution in [3.63, 3.8) is 0 Å². The molecule has 3 aliphatic rings. The van der Waals surface area contributed by atoms with E-state index in [4.69, 9.17) is 115 Å². The van der Waals surface area contributed by atoms with Crippen molar-refractivity contribution >= 4 is 47.1 Å². The van der Waals surface area contributed by atoms with Crippen molar-refractivity contribution in [2.75, 3.05) is 218 Å². The molecule has 0 aromatic heterocycles. The van der Waals surface area contributed by atoms with Crippen LogP contribution in [0.25, 0.3) is 0 Å². The zero-order valence-electron chi connectivity index (χ0n) is 61.2. The molecular formula is C60H115N4O43P3. The molecule has 0 radical (unpaired) electrons. The molecule has 110 heavy (non-hydrogen) atoms. The molecule has 3 rings (SSSR count). The molecule has 15 unspecified atom stereocenters. The van der Waals surface area contributed by atoms with Gasteiger partial charge in [0.05, 0.1) is 198 Å². The van der Waals surface area contributed by atoms with Crippen molar-refractivity contribution in [3.05, 3.63) is 0 Å². The quantitative estimate of drug-likeness (QED) is 0.0199. The van der Waals surface area contributed by atoms with Crippen molar-refractivity contribution < 1.29 is 207 Å². The van der Waals surface area contributed by atoms with Gasteiger partial charge < -0.3 is 182 Å². The largest absolute Gasteiger partial charge is 0.469 e. The highest BCUT2D eigenvalue weighted by Gasteiger charge is 2.48. The molecule has 0 spiro atoms. The number of phosphoric ester groups is 3. The molecule has 47 nitrogen and oxygen atoms in total. The summed E-state index contributed by atoms with van der Waals surface area (Å²) in [5.41, 5.74) is -1.18. The summed E-state index contributed by atoms with van der Waals surface area (Å²) < 4.78 is 144. The summed E-state index contributed by atoms with van der Waals surface area (Å²) in [6, 6.07) is 0. The van der Waals surface area contributed by atoms with Crippen LogP contribution < -0.4 is 21.3 Å². The van der Waals surface area contributed by atoms with Crippen molar-refractivity contribution in [3.8, 4) is 0 Å². The highest BCUT2D eigenvalue weighted by molar-refractivity contribution is 7.46. The number of aliphatic hydroxyl groups is 9. The molecule has 19 N–H and O–H groups in total. The minimum absolute atomic E-state index is 0.0178. The van der Waals surface area contributed by atoms with Crippen LogP contribution in [0.5, 0.6) is 0 Å². The average Bonchev–Trinajstić information content (AvgIpc) is 0.831. The van der Waals surface area contributed by atoms with E-state index < -0.39 is 147 Å². The SMILES string of the molecule is CC(=O)NC(CCC(=O)NCCOCCOCCOCCOCCOC1OC(COP(=O)(O)O)C(O)C(O)C1O)(CCC(=O)NCCOCCOCCOCCOCCOC1OC(COP(=O)(O)O)C(O)C(O)C1O)CCC(=O)NCCOCCOCCOCCOCCOC1OC(COP(=O)(O)O)C(O)C(O)C1O. The number of amides is 4. The summed E-state index contributed by atoms with van der Waals surface area (Å²) in [5, 5.41) is 102. The van der Waals surface area contributed by atoms with Crippen LogP contribution in [0.15, 0.2) is 0 Å². The Morgan fingerprint density at radius 3 is 0.709 bits per heavy atom. The van der Waals surface area contributed by atoms with Crippen LogP contribution in [-0.4, -0.2) is 414 Å². The second kappa shape index (κ2) is 58.1. The van der Waals surface area contributed by atoms with Crippen molar-refractivity contribution in [2.24, 2.45) is 0 Å². The van der Waals surface area contributed by atoms with Crippen LogP contribution in [0, 0.1) is 0 Å². The van der Waals surface area contributed by atoms with Gasteiger partial charge in [0.1, 0.15) is 73.2 Å². The fourth-order valence-corrected chi connectivity index (χ4v) is 11.1. The normalized spacial score (nSPS) is 25.3. The number of hydrogen-bond acceptors (Lipinski definition) is 37. The predicted molar refractivity (Wildman–Crippen MR) is 365 cm³/mol. The number of hydrogen-bond donors (Lipinski definition) is 19. The van der Waals surface area contributed by atoms with Crippen LogP contribution in [0.3, 0.4) is 0 Å². The molecule has 0 aromatic carbocycles. The molecule has 3 fully saturated rings. The predicted octanol–water partition coefficient (Wildman–Crippen LogP) is -8.45. The molecule has 3 heterocycles. The van der Waals surface area contributed by atoms with E-state index in [1.54, 1.807) is 0 Å². The maximum atomic E-state index is 13.2. The molecule has 0 bridgehead atoms. The Labute approximate surface area is 634 Å². The topological polar surface area (TPSA) is 665 Å². The van der Waals surface area contributed by atoms with Crippen LogP contribution >= 0.6 is 23.5 Å². The Kier molecular flexibility index (Phi) is 53.5. The lowest BCUT2D eigenvalue weighted by Gasteiger charge is -2.40. The van der Waals surface area contributed by atoms with Crippen molar-refractivity contribution in [1.82, 2.24) is 21.3 Å². The summed E-state index contributed by atoms with van der Waals surface area (Å²) in [6.07, 6.45) is -23.9. The molecule has 0 saturated carbocycles. The van der Waals surface area contributed by atoms with Gasteiger partial charge in [-0.15, -0.1) is 0 Å². The number of carbonyl (C=O) groups excluding carboxylic acids is 4. The van der Waals surface area contributed by atoms with E-state index in [0.717, 1.165) is 0 Å². The van der Waals surface area contributed by atoms with Gasteiger partial charge in [0.2, 0.25) is 23.6 Å². The standard InChI is InChI=1S/C60H115N4O43P3/c1-41(65)64-60(5-2-45(66)61-8-11-87-14-17-90-20-23-93-26-29-96-32-35-99-57-54(75)51(72)48(69)42(105-57)38-102-108(78,79)80,6-3-46(67)62-9-12-88-15-18-91-21-24-94-27-30-97-33-36-100-58-55(76)52(73)49(70)43(106-58)39-103-109(81,82)83)7-4-47(68)63-10-13-89-16-19-92-22-25-95-28-31-98-34-37-101-59-56(77)53(74)50(71)44(107-59)40-104-110(84,85)86/h42-44,48-59,69-77H,2-40H2,1H3,(H,61,66)(H,62,67)(H,63,68)(H,64,65)(H2,78,79,80)(H2,81,82,83)(H2,84,85,86). The molecule has 4 amide bonds. The first-order valence-electron chi connectivity index (χ1n) is 35.4. The van der Waals surface area contributed by atoms with Gasteiger partial charge in [0, 0.05) is 51.4 Å². The summed E-state index contributed by atoms with van der Waals surface area (Å²) in [5.74, 6) is -1.60. The minimum Gasteiger partial charge on any atom is -0.387 e. The van der Waals surface area contributed by atoms with Gasteiger partial charge in [-0.1, -0.05) is 0 Å². The van der Waals surface area contributed by atoms with Gasteiger partial charge >= 0.3 is 23.5 Å². The Balaban J connectivity index is 1.31. The average molecular weight is 1670 g/mol. The number of rotatable bonds is 67. The van der Waals surface area contributed by atoms with E-state index in [9.17, 15) is 78.8 Å². The minimum atomic E-state index is -4.90. The van der Waals surface area contributed by atoms with E-state index in [0.29, 0.717) is 0 Å². The lowest BCUT2D eigenvalue weighted by molar-refractivity contribution is -0.301. The smallest absolute Gasteiger partial charge is 0.387 e. The summed E-state index contributed by atoms with van der Waals surface area (Å²) in [6.45, 7) is 3.02. The summed E-state index contributed by atoms with van der Waals surface area (Å²) >= 11 is 0. The Hall–Kier alpha value is -2.87.